The number of carbonyl (C=O) groups is 2. The molecule has 2 aromatic carbocycles. The monoisotopic (exact) mass is 394 g/mol. The summed E-state index contributed by atoms with van der Waals surface area (Å²) in [7, 11) is 1.75. The normalized spacial score (nSPS) is 11.7. The van der Waals surface area contributed by atoms with E-state index in [1.807, 2.05) is 30.3 Å². The molecule has 2 amide bonds. The van der Waals surface area contributed by atoms with Gasteiger partial charge in [-0.2, -0.15) is 0 Å². The maximum Gasteiger partial charge on any atom is 0.295 e. The Morgan fingerprint density at radius 3 is 2.28 bits per heavy atom. The molecule has 8 heteroatoms. The lowest BCUT2D eigenvalue weighted by Crippen LogP contribution is -2.32. The van der Waals surface area contributed by atoms with Gasteiger partial charge < -0.3 is 15.8 Å². The third kappa shape index (κ3) is 4.06. The SMILES string of the molecule is Cc1c(NC(=O)C(C)Oc2ccc(C(N)=O)cc2)c(=O)n(-c2ccccc2)n1C. The van der Waals surface area contributed by atoms with Gasteiger partial charge in [0.25, 0.3) is 11.5 Å². The average molecular weight is 394 g/mol. The number of benzene rings is 2. The first-order valence-corrected chi connectivity index (χ1v) is 9.01. The van der Waals surface area contributed by atoms with Crippen molar-refractivity contribution in [1.29, 1.82) is 0 Å². The lowest BCUT2D eigenvalue weighted by atomic mass is 10.2. The van der Waals surface area contributed by atoms with E-state index in [9.17, 15) is 14.4 Å². The predicted molar refractivity (Wildman–Crippen MR) is 109 cm³/mol. The van der Waals surface area contributed by atoms with Crippen molar-refractivity contribution in [2.45, 2.75) is 20.0 Å². The van der Waals surface area contributed by atoms with Crippen molar-refractivity contribution >= 4 is 17.5 Å². The number of ether oxygens (including phenoxy) is 1. The molecule has 0 saturated carbocycles. The van der Waals surface area contributed by atoms with Crippen molar-refractivity contribution in [3.8, 4) is 11.4 Å². The summed E-state index contributed by atoms with van der Waals surface area (Å²) in [5.74, 6) is -0.601. The predicted octanol–water partition coefficient (Wildman–Crippen LogP) is 1.99. The number of amides is 2. The molecule has 8 nitrogen and oxygen atoms in total. The summed E-state index contributed by atoms with van der Waals surface area (Å²) in [5, 5.41) is 2.67. The van der Waals surface area contributed by atoms with Crippen LogP contribution in [0.4, 0.5) is 5.69 Å². The van der Waals surface area contributed by atoms with Gasteiger partial charge in [0.2, 0.25) is 5.91 Å². The number of aromatic nitrogens is 2. The summed E-state index contributed by atoms with van der Waals surface area (Å²) < 4.78 is 8.77. The van der Waals surface area contributed by atoms with Crippen molar-refractivity contribution in [3.63, 3.8) is 0 Å². The van der Waals surface area contributed by atoms with E-state index in [-0.39, 0.29) is 11.2 Å². The fourth-order valence-electron chi connectivity index (χ4n) is 2.89. The summed E-state index contributed by atoms with van der Waals surface area (Å²) in [4.78, 5) is 36.6. The fourth-order valence-corrected chi connectivity index (χ4v) is 2.89. The van der Waals surface area contributed by atoms with Crippen molar-refractivity contribution < 1.29 is 14.3 Å². The third-order valence-corrected chi connectivity index (χ3v) is 4.62. The van der Waals surface area contributed by atoms with Crippen LogP contribution >= 0.6 is 0 Å². The second-order valence-corrected chi connectivity index (χ2v) is 6.57. The molecule has 1 unspecified atom stereocenters. The second-order valence-electron chi connectivity index (χ2n) is 6.57. The van der Waals surface area contributed by atoms with Crippen molar-refractivity contribution in [2.75, 3.05) is 5.32 Å². The molecule has 0 aliphatic rings. The smallest absolute Gasteiger partial charge is 0.295 e. The molecule has 3 N–H and O–H groups in total. The van der Waals surface area contributed by atoms with E-state index in [0.29, 0.717) is 22.7 Å². The van der Waals surface area contributed by atoms with E-state index in [2.05, 4.69) is 5.32 Å². The van der Waals surface area contributed by atoms with Crippen LogP contribution in [0.15, 0.2) is 59.4 Å². The number of nitrogens with one attached hydrogen (secondary N) is 1. The number of rotatable bonds is 6. The molecule has 1 aromatic heterocycles. The Kier molecular flexibility index (Phi) is 5.54. The summed E-state index contributed by atoms with van der Waals surface area (Å²) in [5.41, 5.74) is 6.73. The number of carbonyl (C=O) groups excluding carboxylic acids is 2. The average Bonchev–Trinajstić information content (AvgIpc) is 2.92. The molecule has 3 aromatic rings. The van der Waals surface area contributed by atoms with Crippen LogP contribution in [0.5, 0.6) is 5.75 Å². The van der Waals surface area contributed by atoms with E-state index in [1.165, 1.54) is 16.8 Å². The number of anilines is 1. The van der Waals surface area contributed by atoms with Crippen LogP contribution in [0.2, 0.25) is 0 Å². The number of hydrogen-bond acceptors (Lipinski definition) is 4. The van der Waals surface area contributed by atoms with Gasteiger partial charge in [-0.25, -0.2) is 4.68 Å². The highest BCUT2D eigenvalue weighted by Crippen LogP contribution is 2.17. The number of primary amides is 1. The molecule has 1 atom stereocenters. The molecule has 29 heavy (non-hydrogen) atoms. The fraction of sp³-hybridized carbons (Fsp3) is 0.190. The minimum Gasteiger partial charge on any atom is -0.481 e. The number of nitrogens with zero attached hydrogens (tertiary/aromatic N) is 2. The van der Waals surface area contributed by atoms with Crippen molar-refractivity contribution in [3.05, 3.63) is 76.2 Å². The van der Waals surface area contributed by atoms with Gasteiger partial charge in [0.05, 0.1) is 11.4 Å². The lowest BCUT2D eigenvalue weighted by molar-refractivity contribution is -0.122. The van der Waals surface area contributed by atoms with E-state index in [4.69, 9.17) is 10.5 Å². The standard InChI is InChI=1S/C21H22N4O4/c1-13-18(21(28)25(24(13)3)16-7-5-4-6-8-16)23-20(27)14(2)29-17-11-9-15(10-12-17)19(22)26/h4-12,14H,1-3H3,(H2,22,26)(H,23,27). The largest absolute Gasteiger partial charge is 0.481 e. The van der Waals surface area contributed by atoms with Crippen molar-refractivity contribution in [2.24, 2.45) is 12.8 Å². The van der Waals surface area contributed by atoms with Crippen LogP contribution in [0, 0.1) is 6.92 Å². The first kappa shape index (κ1) is 19.9. The topological polar surface area (TPSA) is 108 Å². The maximum atomic E-state index is 12.9. The Morgan fingerprint density at radius 2 is 1.69 bits per heavy atom. The van der Waals surface area contributed by atoms with Gasteiger partial charge in [-0.15, -0.1) is 0 Å². The Bertz CT molecular complexity index is 1100. The molecule has 0 aliphatic carbocycles. The Labute approximate surface area is 167 Å². The Hall–Kier alpha value is -3.81. The van der Waals surface area contributed by atoms with E-state index >= 15 is 0 Å². The molecular weight excluding hydrogens is 372 g/mol. The van der Waals surface area contributed by atoms with Gasteiger partial charge in [0, 0.05) is 12.6 Å². The number of para-hydroxylation sites is 1. The van der Waals surface area contributed by atoms with Gasteiger partial charge >= 0.3 is 0 Å². The minimum absolute atomic E-state index is 0.195. The molecule has 1 heterocycles. The molecule has 0 spiro atoms. The highest BCUT2D eigenvalue weighted by molar-refractivity contribution is 5.94. The quantitative estimate of drug-likeness (QED) is 0.666. The Balaban J connectivity index is 1.78. The maximum absolute atomic E-state index is 12.9. The first-order chi connectivity index (χ1) is 13.8. The zero-order valence-corrected chi connectivity index (χ0v) is 16.4. The highest BCUT2D eigenvalue weighted by atomic mass is 16.5. The number of hydrogen-bond donors (Lipinski definition) is 2. The molecule has 150 valence electrons. The second kappa shape index (κ2) is 8.05. The summed E-state index contributed by atoms with van der Waals surface area (Å²) in [6, 6.07) is 15.3. The minimum atomic E-state index is -0.862. The van der Waals surface area contributed by atoms with Crippen LogP contribution < -0.4 is 21.3 Å². The van der Waals surface area contributed by atoms with Crippen LogP contribution in [-0.4, -0.2) is 27.3 Å². The van der Waals surface area contributed by atoms with E-state index < -0.39 is 17.9 Å². The highest BCUT2D eigenvalue weighted by Gasteiger charge is 2.22. The molecule has 0 saturated heterocycles. The zero-order chi connectivity index (χ0) is 21.1. The van der Waals surface area contributed by atoms with Gasteiger partial charge in [-0.05, 0) is 50.2 Å². The van der Waals surface area contributed by atoms with Crippen LogP contribution in [-0.2, 0) is 11.8 Å². The van der Waals surface area contributed by atoms with Gasteiger partial charge in [-0.1, -0.05) is 18.2 Å². The van der Waals surface area contributed by atoms with E-state index in [1.54, 1.807) is 37.7 Å². The molecule has 0 bridgehead atoms. The van der Waals surface area contributed by atoms with Crippen LogP contribution in [0.1, 0.15) is 23.0 Å². The molecular formula is C21H22N4O4. The Morgan fingerprint density at radius 1 is 1.07 bits per heavy atom. The van der Waals surface area contributed by atoms with Gasteiger partial charge in [0.1, 0.15) is 11.4 Å². The molecule has 3 rings (SSSR count). The number of nitrogens with two attached hydrogens (primary N) is 1. The summed E-state index contributed by atoms with van der Waals surface area (Å²) in [6.45, 7) is 3.33. The molecule has 0 fully saturated rings. The van der Waals surface area contributed by atoms with E-state index in [0.717, 1.165) is 0 Å². The van der Waals surface area contributed by atoms with Crippen LogP contribution in [0.3, 0.4) is 0 Å². The van der Waals surface area contributed by atoms with Crippen LogP contribution in [0.25, 0.3) is 5.69 Å². The van der Waals surface area contributed by atoms with Gasteiger partial charge in [0.15, 0.2) is 6.10 Å². The zero-order valence-electron chi connectivity index (χ0n) is 16.4. The summed E-state index contributed by atoms with van der Waals surface area (Å²) >= 11 is 0. The summed E-state index contributed by atoms with van der Waals surface area (Å²) in [6.07, 6.45) is -0.862. The van der Waals surface area contributed by atoms with Gasteiger partial charge in [-0.3, -0.25) is 19.1 Å². The van der Waals surface area contributed by atoms with Crippen molar-refractivity contribution in [1.82, 2.24) is 9.36 Å². The third-order valence-electron chi connectivity index (χ3n) is 4.62. The lowest BCUT2D eigenvalue weighted by Gasteiger charge is -2.14. The molecule has 0 radical (unpaired) electrons. The first-order valence-electron chi connectivity index (χ1n) is 9.01. The molecule has 0 aliphatic heterocycles.